The highest BCUT2D eigenvalue weighted by atomic mass is 32.2. The zero-order valence-corrected chi connectivity index (χ0v) is 17.6. The molecule has 8 heteroatoms. The van der Waals surface area contributed by atoms with Crippen LogP contribution >= 0.6 is 0 Å². The zero-order chi connectivity index (χ0) is 18.9. The van der Waals surface area contributed by atoms with E-state index in [2.05, 4.69) is 6.92 Å². The largest absolute Gasteiger partial charge is 0.501 e. The number of sulfone groups is 1. The molecule has 0 aliphatic carbocycles. The monoisotopic (exact) mass is 390 g/mol. The first-order valence-corrected chi connectivity index (χ1v) is 12.4. The van der Waals surface area contributed by atoms with Crippen molar-refractivity contribution in [3.05, 3.63) is 24.3 Å². The van der Waals surface area contributed by atoms with E-state index in [1.54, 1.807) is 24.3 Å². The summed E-state index contributed by atoms with van der Waals surface area (Å²) >= 11 is 0. The molecule has 144 valence electrons. The van der Waals surface area contributed by atoms with Crippen LogP contribution in [0.15, 0.2) is 29.2 Å². The summed E-state index contributed by atoms with van der Waals surface area (Å²) in [5.74, 6) is 0.807. The van der Waals surface area contributed by atoms with Gasteiger partial charge in [-0.25, -0.2) is 8.42 Å². The number of rotatable bonds is 12. The second-order valence-electron chi connectivity index (χ2n) is 5.85. The van der Waals surface area contributed by atoms with Gasteiger partial charge < -0.3 is 18.0 Å². The van der Waals surface area contributed by atoms with Gasteiger partial charge in [-0.1, -0.05) is 6.92 Å². The predicted octanol–water partition coefficient (Wildman–Crippen LogP) is 3.15. The number of ether oxygens (including phenoxy) is 1. The molecule has 1 atom stereocenters. The molecule has 0 aliphatic rings. The normalized spacial score (nSPS) is 13.6. The SMILES string of the molecule is CCO[Si](CC(C)COc1ccc(S(C)(=O)=O)cc1)(OCC)OCC. The van der Waals surface area contributed by atoms with Gasteiger partial charge >= 0.3 is 8.80 Å². The lowest BCUT2D eigenvalue weighted by molar-refractivity contribution is 0.0651. The molecular formula is C17H30O6SSi. The maximum atomic E-state index is 11.5. The van der Waals surface area contributed by atoms with Crippen molar-refractivity contribution in [3.8, 4) is 5.75 Å². The lowest BCUT2D eigenvalue weighted by Crippen LogP contribution is -2.47. The van der Waals surface area contributed by atoms with Crippen LogP contribution in [-0.4, -0.2) is 49.9 Å². The molecular weight excluding hydrogens is 360 g/mol. The van der Waals surface area contributed by atoms with Crippen molar-refractivity contribution in [2.45, 2.75) is 38.6 Å². The Kier molecular flexibility index (Phi) is 9.08. The van der Waals surface area contributed by atoms with Gasteiger partial charge in [0.05, 0.1) is 11.5 Å². The van der Waals surface area contributed by atoms with Crippen LogP contribution in [-0.2, 0) is 23.1 Å². The van der Waals surface area contributed by atoms with Crippen molar-refractivity contribution in [1.82, 2.24) is 0 Å². The third-order valence-corrected chi connectivity index (χ3v) is 7.99. The molecule has 0 aromatic heterocycles. The summed E-state index contributed by atoms with van der Waals surface area (Å²) in [6.07, 6.45) is 1.18. The van der Waals surface area contributed by atoms with Crippen molar-refractivity contribution in [1.29, 1.82) is 0 Å². The number of hydrogen-bond donors (Lipinski definition) is 0. The summed E-state index contributed by atoms with van der Waals surface area (Å²) in [6, 6.07) is 7.11. The van der Waals surface area contributed by atoms with Crippen molar-refractivity contribution in [2.75, 3.05) is 32.7 Å². The van der Waals surface area contributed by atoms with E-state index < -0.39 is 18.6 Å². The van der Waals surface area contributed by atoms with Crippen LogP contribution in [0.5, 0.6) is 5.75 Å². The molecule has 0 saturated heterocycles. The molecule has 0 aliphatic heterocycles. The van der Waals surface area contributed by atoms with Crippen LogP contribution in [0.4, 0.5) is 0 Å². The van der Waals surface area contributed by atoms with E-state index >= 15 is 0 Å². The van der Waals surface area contributed by atoms with Gasteiger partial charge in [0.1, 0.15) is 5.75 Å². The van der Waals surface area contributed by atoms with Crippen LogP contribution < -0.4 is 4.74 Å². The Hall–Kier alpha value is -0.933. The fourth-order valence-electron chi connectivity index (χ4n) is 2.47. The van der Waals surface area contributed by atoms with Gasteiger partial charge in [0.2, 0.25) is 0 Å². The van der Waals surface area contributed by atoms with Crippen molar-refractivity contribution in [2.24, 2.45) is 5.92 Å². The van der Waals surface area contributed by atoms with Gasteiger partial charge in [-0.3, -0.25) is 0 Å². The van der Waals surface area contributed by atoms with Gasteiger partial charge in [-0.2, -0.15) is 0 Å². The van der Waals surface area contributed by atoms with E-state index in [4.69, 9.17) is 18.0 Å². The molecule has 0 saturated carbocycles. The Bertz CT molecular complexity index is 585. The molecule has 25 heavy (non-hydrogen) atoms. The molecule has 0 radical (unpaired) electrons. The summed E-state index contributed by atoms with van der Waals surface area (Å²) < 4.78 is 46.3. The van der Waals surface area contributed by atoms with Gasteiger partial charge in [0.25, 0.3) is 0 Å². The fraction of sp³-hybridized carbons (Fsp3) is 0.647. The molecule has 1 rings (SSSR count). The van der Waals surface area contributed by atoms with Crippen LogP contribution in [0.2, 0.25) is 6.04 Å². The third-order valence-electron chi connectivity index (χ3n) is 3.48. The molecule has 6 nitrogen and oxygen atoms in total. The Morgan fingerprint density at radius 1 is 0.960 bits per heavy atom. The van der Waals surface area contributed by atoms with E-state index in [0.717, 1.165) is 0 Å². The maximum absolute atomic E-state index is 11.5. The van der Waals surface area contributed by atoms with Crippen LogP contribution in [0.1, 0.15) is 27.7 Å². The summed E-state index contributed by atoms with van der Waals surface area (Å²) in [4.78, 5) is 0.281. The van der Waals surface area contributed by atoms with E-state index in [9.17, 15) is 8.42 Å². The lowest BCUT2D eigenvalue weighted by Gasteiger charge is -2.30. The van der Waals surface area contributed by atoms with Gasteiger partial charge in [0, 0.05) is 32.1 Å². The minimum atomic E-state index is -3.19. The first kappa shape index (κ1) is 22.1. The fourth-order valence-corrected chi connectivity index (χ4v) is 5.99. The van der Waals surface area contributed by atoms with Crippen molar-refractivity contribution in [3.63, 3.8) is 0 Å². The topological polar surface area (TPSA) is 71.1 Å². The zero-order valence-electron chi connectivity index (χ0n) is 15.8. The highest BCUT2D eigenvalue weighted by Crippen LogP contribution is 2.23. The molecule has 0 N–H and O–H groups in total. The lowest BCUT2D eigenvalue weighted by atomic mass is 10.2. The van der Waals surface area contributed by atoms with E-state index in [-0.39, 0.29) is 10.8 Å². The summed E-state index contributed by atoms with van der Waals surface area (Å²) in [7, 11) is -5.88. The van der Waals surface area contributed by atoms with Gasteiger partial charge in [-0.15, -0.1) is 0 Å². The van der Waals surface area contributed by atoms with Crippen molar-refractivity contribution < 1.29 is 26.4 Å². The average Bonchev–Trinajstić information content (AvgIpc) is 2.53. The first-order chi connectivity index (χ1) is 11.8. The molecule has 1 unspecified atom stereocenters. The molecule has 0 heterocycles. The van der Waals surface area contributed by atoms with Crippen LogP contribution in [0, 0.1) is 5.92 Å². The van der Waals surface area contributed by atoms with E-state index in [1.807, 2.05) is 20.8 Å². The Morgan fingerprint density at radius 3 is 1.84 bits per heavy atom. The number of hydrogen-bond acceptors (Lipinski definition) is 6. The third kappa shape index (κ3) is 7.45. The van der Waals surface area contributed by atoms with E-state index in [1.165, 1.54) is 6.26 Å². The van der Waals surface area contributed by atoms with E-state index in [0.29, 0.717) is 38.2 Å². The quantitative estimate of drug-likeness (QED) is 0.511. The summed E-state index contributed by atoms with van der Waals surface area (Å²) in [5.41, 5.74) is 0. The van der Waals surface area contributed by atoms with Gasteiger partial charge in [0.15, 0.2) is 9.84 Å². The molecule has 0 bridgehead atoms. The summed E-state index contributed by atoms with van der Waals surface area (Å²) in [6.45, 7) is 9.98. The number of benzene rings is 1. The molecule has 0 spiro atoms. The van der Waals surface area contributed by atoms with Crippen molar-refractivity contribution >= 4 is 18.6 Å². The molecule has 1 aromatic carbocycles. The maximum Gasteiger partial charge on any atom is 0.501 e. The highest BCUT2D eigenvalue weighted by molar-refractivity contribution is 7.90. The Balaban J connectivity index is 2.66. The smallest absolute Gasteiger partial charge is 0.493 e. The standard InChI is InChI=1S/C17H30O6SSi/c1-6-21-25(22-7-2,23-8-3)14-15(4)13-20-16-9-11-17(12-10-16)24(5,18)19/h9-12,15H,6-8,13-14H2,1-5H3. The van der Waals surface area contributed by atoms with Crippen LogP contribution in [0.3, 0.4) is 0 Å². The molecule has 0 amide bonds. The second kappa shape index (κ2) is 10.3. The van der Waals surface area contributed by atoms with Gasteiger partial charge in [-0.05, 0) is 51.0 Å². The molecule has 0 fully saturated rings. The first-order valence-electron chi connectivity index (χ1n) is 8.61. The Morgan fingerprint density at radius 2 is 1.44 bits per heavy atom. The van der Waals surface area contributed by atoms with Crippen LogP contribution in [0.25, 0.3) is 0 Å². The second-order valence-corrected chi connectivity index (χ2v) is 10.5. The minimum Gasteiger partial charge on any atom is -0.493 e. The summed E-state index contributed by atoms with van der Waals surface area (Å²) in [5, 5.41) is 0. The Labute approximate surface area is 152 Å². The average molecular weight is 391 g/mol. The highest BCUT2D eigenvalue weighted by Gasteiger charge is 2.41. The predicted molar refractivity (Wildman–Crippen MR) is 99.6 cm³/mol. The minimum absolute atomic E-state index is 0.172. The molecule has 1 aromatic rings.